The highest BCUT2D eigenvalue weighted by Gasteiger charge is 2.26. The second-order valence-electron chi connectivity index (χ2n) is 5.63. The standard InChI is InChI=1S/C14H21N5/c1-10(2)18-8-4-5-11(9-18)14-17-16-13-7-3-6-12(15)19(13)14/h3,6-7,10-11H,4-5,8-9,15H2,1-2H3. The Hall–Kier alpha value is -1.62. The van der Waals surface area contributed by atoms with Gasteiger partial charge in [0, 0.05) is 18.5 Å². The molecule has 1 saturated heterocycles. The summed E-state index contributed by atoms with van der Waals surface area (Å²) in [5.74, 6) is 2.16. The predicted octanol–water partition coefficient (Wildman–Crippen LogP) is 1.90. The predicted molar refractivity (Wildman–Crippen MR) is 76.1 cm³/mol. The zero-order valence-electron chi connectivity index (χ0n) is 11.6. The maximum atomic E-state index is 6.07. The maximum Gasteiger partial charge on any atom is 0.162 e. The summed E-state index contributed by atoms with van der Waals surface area (Å²) in [5, 5.41) is 8.62. The largest absolute Gasteiger partial charge is 0.385 e. The van der Waals surface area contributed by atoms with Crippen molar-refractivity contribution in [3.05, 3.63) is 24.0 Å². The molecule has 0 aromatic carbocycles. The number of rotatable bonds is 2. The van der Waals surface area contributed by atoms with Crippen LogP contribution in [-0.4, -0.2) is 38.6 Å². The van der Waals surface area contributed by atoms with Crippen LogP contribution < -0.4 is 5.73 Å². The Balaban J connectivity index is 1.96. The molecule has 5 nitrogen and oxygen atoms in total. The summed E-state index contributed by atoms with van der Waals surface area (Å²) in [7, 11) is 0. The van der Waals surface area contributed by atoms with Crippen molar-refractivity contribution in [1.29, 1.82) is 0 Å². The molecule has 0 amide bonds. The van der Waals surface area contributed by atoms with E-state index in [9.17, 15) is 0 Å². The van der Waals surface area contributed by atoms with E-state index in [2.05, 4.69) is 28.9 Å². The van der Waals surface area contributed by atoms with Gasteiger partial charge in [0.1, 0.15) is 11.6 Å². The summed E-state index contributed by atoms with van der Waals surface area (Å²) in [5.41, 5.74) is 6.92. The molecule has 0 bridgehead atoms. The molecule has 1 atom stereocenters. The number of nitrogens with two attached hydrogens (primary N) is 1. The molecule has 0 aliphatic carbocycles. The Morgan fingerprint density at radius 2 is 2.16 bits per heavy atom. The van der Waals surface area contributed by atoms with Gasteiger partial charge >= 0.3 is 0 Å². The zero-order chi connectivity index (χ0) is 13.4. The highest BCUT2D eigenvalue weighted by Crippen LogP contribution is 2.28. The second kappa shape index (κ2) is 4.81. The molecule has 3 rings (SSSR count). The normalized spacial score (nSPS) is 21.3. The Labute approximate surface area is 113 Å². The quantitative estimate of drug-likeness (QED) is 0.895. The van der Waals surface area contributed by atoms with Crippen LogP contribution in [0, 0.1) is 0 Å². The van der Waals surface area contributed by atoms with Gasteiger partial charge in [-0.1, -0.05) is 6.07 Å². The van der Waals surface area contributed by atoms with Gasteiger partial charge in [0.05, 0.1) is 0 Å². The van der Waals surface area contributed by atoms with Crippen LogP contribution in [0.1, 0.15) is 38.4 Å². The van der Waals surface area contributed by atoms with Crippen molar-refractivity contribution in [2.45, 2.75) is 38.6 Å². The Kier molecular flexibility index (Phi) is 3.14. The highest BCUT2D eigenvalue weighted by molar-refractivity contribution is 5.48. The van der Waals surface area contributed by atoms with Crippen LogP contribution in [-0.2, 0) is 0 Å². The molecule has 2 N–H and O–H groups in total. The van der Waals surface area contributed by atoms with Gasteiger partial charge in [0.2, 0.25) is 0 Å². The molecule has 1 fully saturated rings. The van der Waals surface area contributed by atoms with Crippen LogP contribution in [0.2, 0.25) is 0 Å². The lowest BCUT2D eigenvalue weighted by Crippen LogP contribution is -2.39. The third-order valence-corrected chi connectivity index (χ3v) is 4.03. The van der Waals surface area contributed by atoms with Crippen LogP contribution >= 0.6 is 0 Å². The zero-order valence-corrected chi connectivity index (χ0v) is 11.6. The van der Waals surface area contributed by atoms with Gasteiger partial charge < -0.3 is 10.6 Å². The van der Waals surface area contributed by atoms with E-state index in [-0.39, 0.29) is 0 Å². The van der Waals surface area contributed by atoms with Crippen molar-refractivity contribution in [1.82, 2.24) is 19.5 Å². The minimum atomic E-state index is 0.427. The fourth-order valence-corrected chi connectivity index (χ4v) is 2.94. The first kappa shape index (κ1) is 12.4. The number of piperidine rings is 1. The second-order valence-corrected chi connectivity index (χ2v) is 5.63. The van der Waals surface area contributed by atoms with Crippen LogP contribution in [0.4, 0.5) is 5.82 Å². The first-order chi connectivity index (χ1) is 9.16. The Morgan fingerprint density at radius 3 is 2.95 bits per heavy atom. The Morgan fingerprint density at radius 1 is 1.32 bits per heavy atom. The van der Waals surface area contributed by atoms with Crippen molar-refractivity contribution in [3.63, 3.8) is 0 Å². The smallest absolute Gasteiger partial charge is 0.162 e. The van der Waals surface area contributed by atoms with Crippen molar-refractivity contribution in [3.8, 4) is 0 Å². The van der Waals surface area contributed by atoms with Gasteiger partial charge in [-0.25, -0.2) is 0 Å². The fourth-order valence-electron chi connectivity index (χ4n) is 2.94. The third-order valence-electron chi connectivity index (χ3n) is 4.03. The van der Waals surface area contributed by atoms with Gasteiger partial charge in [0.15, 0.2) is 5.65 Å². The number of nitrogen functional groups attached to an aromatic ring is 1. The number of hydrogen-bond donors (Lipinski definition) is 1. The number of pyridine rings is 1. The van der Waals surface area contributed by atoms with E-state index in [0.29, 0.717) is 12.0 Å². The lowest BCUT2D eigenvalue weighted by atomic mass is 9.96. The minimum Gasteiger partial charge on any atom is -0.385 e. The molecule has 1 aliphatic heterocycles. The summed E-state index contributed by atoms with van der Waals surface area (Å²) >= 11 is 0. The topological polar surface area (TPSA) is 59.5 Å². The Bertz CT molecular complexity index is 574. The van der Waals surface area contributed by atoms with Gasteiger partial charge in [0.25, 0.3) is 0 Å². The number of anilines is 1. The van der Waals surface area contributed by atoms with Crippen molar-refractivity contribution >= 4 is 11.5 Å². The average Bonchev–Trinajstić information content (AvgIpc) is 2.84. The third kappa shape index (κ3) is 2.18. The molecule has 2 aromatic rings. The average molecular weight is 259 g/mol. The van der Waals surface area contributed by atoms with Crippen molar-refractivity contribution in [2.75, 3.05) is 18.8 Å². The summed E-state index contributed by atoms with van der Waals surface area (Å²) in [6.45, 7) is 6.73. The summed E-state index contributed by atoms with van der Waals surface area (Å²) in [6, 6.07) is 6.36. The number of fused-ring (bicyclic) bond motifs is 1. The van der Waals surface area contributed by atoms with Gasteiger partial charge in [-0.3, -0.25) is 4.40 Å². The van der Waals surface area contributed by atoms with E-state index in [1.54, 1.807) is 0 Å². The summed E-state index contributed by atoms with van der Waals surface area (Å²) in [6.07, 6.45) is 2.38. The van der Waals surface area contributed by atoms with Gasteiger partial charge in [-0.2, -0.15) is 0 Å². The molecule has 0 radical (unpaired) electrons. The maximum absolute atomic E-state index is 6.07. The minimum absolute atomic E-state index is 0.427. The summed E-state index contributed by atoms with van der Waals surface area (Å²) in [4.78, 5) is 2.51. The fraction of sp³-hybridized carbons (Fsp3) is 0.571. The van der Waals surface area contributed by atoms with E-state index in [4.69, 9.17) is 5.73 Å². The number of nitrogens with zero attached hydrogens (tertiary/aromatic N) is 4. The molecule has 1 unspecified atom stereocenters. The molecule has 2 aromatic heterocycles. The molecule has 0 saturated carbocycles. The highest BCUT2D eigenvalue weighted by atomic mass is 15.3. The molecule has 0 spiro atoms. The number of aromatic nitrogens is 3. The van der Waals surface area contributed by atoms with E-state index < -0.39 is 0 Å². The van der Waals surface area contributed by atoms with Crippen LogP contribution in [0.3, 0.4) is 0 Å². The van der Waals surface area contributed by atoms with Gasteiger partial charge in [-0.05, 0) is 45.4 Å². The first-order valence-corrected chi connectivity index (χ1v) is 7.00. The van der Waals surface area contributed by atoms with Gasteiger partial charge in [-0.15, -0.1) is 10.2 Å². The van der Waals surface area contributed by atoms with Crippen LogP contribution in [0.15, 0.2) is 18.2 Å². The number of hydrogen-bond acceptors (Lipinski definition) is 4. The van der Waals surface area contributed by atoms with E-state index in [1.807, 2.05) is 22.6 Å². The molecule has 1 aliphatic rings. The van der Waals surface area contributed by atoms with E-state index >= 15 is 0 Å². The molecule has 102 valence electrons. The lowest BCUT2D eigenvalue weighted by Gasteiger charge is -2.34. The molecule has 3 heterocycles. The van der Waals surface area contributed by atoms with E-state index in [0.717, 1.165) is 23.8 Å². The van der Waals surface area contributed by atoms with E-state index in [1.165, 1.54) is 19.4 Å². The monoisotopic (exact) mass is 259 g/mol. The molecular weight excluding hydrogens is 238 g/mol. The van der Waals surface area contributed by atoms with Crippen molar-refractivity contribution in [2.24, 2.45) is 0 Å². The molecular formula is C14H21N5. The van der Waals surface area contributed by atoms with Crippen molar-refractivity contribution < 1.29 is 0 Å². The summed E-state index contributed by atoms with van der Waals surface area (Å²) < 4.78 is 1.99. The number of likely N-dealkylation sites (tertiary alicyclic amines) is 1. The molecule has 19 heavy (non-hydrogen) atoms. The van der Waals surface area contributed by atoms with Crippen LogP contribution in [0.25, 0.3) is 5.65 Å². The SMILES string of the molecule is CC(C)N1CCCC(c2nnc3cccc(N)n23)C1. The lowest BCUT2D eigenvalue weighted by molar-refractivity contribution is 0.164. The van der Waals surface area contributed by atoms with Crippen LogP contribution in [0.5, 0.6) is 0 Å². The first-order valence-electron chi connectivity index (χ1n) is 7.00. The molecule has 5 heteroatoms.